The number of hydrogen-bond donors (Lipinski definition) is 1. The Kier molecular flexibility index (Phi) is 6.73. The number of nitrogens with one attached hydrogen (secondary N) is 1. The summed E-state index contributed by atoms with van der Waals surface area (Å²) < 4.78 is 0. The molecule has 0 spiro atoms. The lowest BCUT2D eigenvalue weighted by Gasteiger charge is -2.25. The summed E-state index contributed by atoms with van der Waals surface area (Å²) in [4.78, 5) is 23.4. The van der Waals surface area contributed by atoms with Gasteiger partial charge in [0.1, 0.15) is 0 Å². The summed E-state index contributed by atoms with van der Waals surface area (Å²) >= 11 is 0. The molecule has 1 aromatic carbocycles. The third-order valence-corrected chi connectivity index (χ3v) is 4.71. The highest BCUT2D eigenvalue weighted by Crippen LogP contribution is 2.23. The van der Waals surface area contributed by atoms with Crippen molar-refractivity contribution in [3.05, 3.63) is 89.5 Å². The first-order valence-electron chi connectivity index (χ1n) is 9.65. The topological polar surface area (TPSA) is 58.1 Å². The van der Waals surface area contributed by atoms with E-state index >= 15 is 0 Å². The van der Waals surface area contributed by atoms with Gasteiger partial charge in [-0.1, -0.05) is 44.2 Å². The Hall–Kier alpha value is -3.21. The number of benzene rings is 1. The van der Waals surface area contributed by atoms with Gasteiger partial charge in [0.15, 0.2) is 0 Å². The smallest absolute Gasteiger partial charge is 0.316 e. The Morgan fingerprint density at radius 1 is 0.857 bits per heavy atom. The lowest BCUT2D eigenvalue weighted by molar-refractivity contribution is 0.206. The van der Waals surface area contributed by atoms with E-state index in [-0.39, 0.29) is 6.03 Å². The van der Waals surface area contributed by atoms with Crippen molar-refractivity contribution in [2.24, 2.45) is 0 Å². The Labute approximate surface area is 166 Å². The molecule has 5 heteroatoms. The number of carbonyl (C=O) groups excluding carboxylic acids is 1. The third-order valence-electron chi connectivity index (χ3n) is 4.71. The van der Waals surface area contributed by atoms with Crippen LogP contribution in [0.25, 0.3) is 0 Å². The second kappa shape index (κ2) is 9.65. The van der Waals surface area contributed by atoms with E-state index in [1.54, 1.807) is 29.7 Å². The molecule has 0 saturated carbocycles. The Balaban J connectivity index is 1.86. The molecule has 0 bridgehead atoms. The molecule has 0 fully saturated rings. The van der Waals surface area contributed by atoms with Crippen LogP contribution in [-0.4, -0.2) is 20.9 Å². The van der Waals surface area contributed by atoms with E-state index < -0.39 is 0 Å². The van der Waals surface area contributed by atoms with Crippen LogP contribution in [0.3, 0.4) is 0 Å². The van der Waals surface area contributed by atoms with Gasteiger partial charge in [0, 0.05) is 43.6 Å². The minimum absolute atomic E-state index is 0.122. The largest absolute Gasteiger partial charge is 0.322 e. The predicted molar refractivity (Wildman–Crippen MR) is 112 cm³/mol. The van der Waals surface area contributed by atoms with Crippen LogP contribution in [0.15, 0.2) is 67.3 Å². The van der Waals surface area contributed by atoms with Crippen LogP contribution in [-0.2, 0) is 25.9 Å². The standard InChI is InChI=1S/C23H26N4O/c1-3-20-10-5-11-21(4-2)22(20)26-23(28)27(16-18-8-6-12-24-14-18)17-19-9-7-13-25-15-19/h5-15H,3-4,16-17H2,1-2H3,(H,26,28). The first-order valence-corrected chi connectivity index (χ1v) is 9.65. The van der Waals surface area contributed by atoms with Crippen molar-refractivity contribution in [3.63, 3.8) is 0 Å². The molecule has 2 aromatic heterocycles. The molecule has 5 nitrogen and oxygen atoms in total. The van der Waals surface area contributed by atoms with E-state index in [0.29, 0.717) is 13.1 Å². The first-order chi connectivity index (χ1) is 13.7. The first kappa shape index (κ1) is 19.5. The number of anilines is 1. The highest BCUT2D eigenvalue weighted by Gasteiger charge is 2.18. The van der Waals surface area contributed by atoms with Crippen LogP contribution in [0.5, 0.6) is 0 Å². The van der Waals surface area contributed by atoms with E-state index in [1.807, 2.05) is 24.3 Å². The van der Waals surface area contributed by atoms with Gasteiger partial charge in [-0.05, 0) is 47.2 Å². The van der Waals surface area contributed by atoms with Crippen LogP contribution in [0.4, 0.5) is 10.5 Å². The fourth-order valence-corrected chi connectivity index (χ4v) is 3.21. The molecule has 2 amide bonds. The van der Waals surface area contributed by atoms with E-state index in [1.165, 1.54) is 0 Å². The average molecular weight is 374 g/mol. The summed E-state index contributed by atoms with van der Waals surface area (Å²) in [5.74, 6) is 0. The number of rotatable bonds is 7. The number of carbonyl (C=O) groups is 1. The van der Waals surface area contributed by atoms with Crippen molar-refractivity contribution in [1.82, 2.24) is 14.9 Å². The summed E-state index contributed by atoms with van der Waals surface area (Å²) in [7, 11) is 0. The minimum Gasteiger partial charge on any atom is -0.316 e. The lowest BCUT2D eigenvalue weighted by atomic mass is 10.0. The molecule has 1 N–H and O–H groups in total. The zero-order chi connectivity index (χ0) is 19.8. The average Bonchev–Trinajstić information content (AvgIpc) is 2.75. The van der Waals surface area contributed by atoms with Crippen LogP contribution in [0.2, 0.25) is 0 Å². The van der Waals surface area contributed by atoms with E-state index in [2.05, 4.69) is 47.3 Å². The fourth-order valence-electron chi connectivity index (χ4n) is 3.21. The van der Waals surface area contributed by atoms with Crippen LogP contribution < -0.4 is 5.32 Å². The maximum absolute atomic E-state index is 13.2. The highest BCUT2D eigenvalue weighted by atomic mass is 16.2. The summed E-state index contributed by atoms with van der Waals surface area (Å²) in [6, 6.07) is 13.8. The molecule has 0 aliphatic rings. The van der Waals surface area contributed by atoms with E-state index in [9.17, 15) is 4.79 Å². The van der Waals surface area contributed by atoms with E-state index in [4.69, 9.17) is 0 Å². The quantitative estimate of drug-likeness (QED) is 0.644. The number of nitrogens with zero attached hydrogens (tertiary/aromatic N) is 3. The molecule has 28 heavy (non-hydrogen) atoms. The zero-order valence-electron chi connectivity index (χ0n) is 16.4. The Bertz CT molecular complexity index is 833. The molecule has 0 aliphatic heterocycles. The lowest BCUT2D eigenvalue weighted by Crippen LogP contribution is -2.34. The molecule has 0 radical (unpaired) electrons. The van der Waals surface area contributed by atoms with Crippen LogP contribution in [0, 0.1) is 0 Å². The van der Waals surface area contributed by atoms with Gasteiger partial charge in [-0.25, -0.2) is 4.79 Å². The third kappa shape index (κ3) is 4.94. The number of amides is 2. The van der Waals surface area contributed by atoms with Gasteiger partial charge in [0.25, 0.3) is 0 Å². The summed E-state index contributed by atoms with van der Waals surface area (Å²) in [5.41, 5.74) is 5.20. The number of urea groups is 1. The normalized spacial score (nSPS) is 10.5. The molecule has 144 valence electrons. The molecule has 2 heterocycles. The Morgan fingerprint density at radius 3 is 1.82 bits per heavy atom. The molecule has 0 aliphatic carbocycles. The van der Waals surface area contributed by atoms with Gasteiger partial charge in [0.05, 0.1) is 0 Å². The van der Waals surface area contributed by atoms with Crippen molar-refractivity contribution in [3.8, 4) is 0 Å². The van der Waals surface area contributed by atoms with Gasteiger partial charge in [-0.15, -0.1) is 0 Å². The van der Waals surface area contributed by atoms with Crippen LogP contribution >= 0.6 is 0 Å². The highest BCUT2D eigenvalue weighted by molar-refractivity contribution is 5.91. The monoisotopic (exact) mass is 374 g/mol. The van der Waals surface area contributed by atoms with Crippen molar-refractivity contribution in [2.45, 2.75) is 39.8 Å². The second-order valence-electron chi connectivity index (χ2n) is 6.67. The molecule has 3 aromatic rings. The predicted octanol–water partition coefficient (Wildman–Crippen LogP) is 4.84. The summed E-state index contributed by atoms with van der Waals surface area (Å²) in [6.45, 7) is 5.16. The van der Waals surface area contributed by atoms with Gasteiger partial charge < -0.3 is 10.2 Å². The molecular weight excluding hydrogens is 348 g/mol. The van der Waals surface area contributed by atoms with Gasteiger partial charge in [-0.2, -0.15) is 0 Å². The number of aryl methyl sites for hydroxylation is 2. The van der Waals surface area contributed by atoms with Gasteiger partial charge in [0.2, 0.25) is 0 Å². The minimum atomic E-state index is -0.122. The molecule has 3 rings (SSSR count). The van der Waals surface area contributed by atoms with E-state index in [0.717, 1.165) is 40.8 Å². The molecule has 0 saturated heterocycles. The van der Waals surface area contributed by atoms with Crippen molar-refractivity contribution < 1.29 is 4.79 Å². The molecular formula is C23H26N4O. The van der Waals surface area contributed by atoms with Crippen molar-refractivity contribution >= 4 is 11.7 Å². The number of aromatic nitrogens is 2. The molecule has 0 atom stereocenters. The van der Waals surface area contributed by atoms with Crippen molar-refractivity contribution in [1.29, 1.82) is 0 Å². The number of pyridine rings is 2. The van der Waals surface area contributed by atoms with Crippen LogP contribution in [0.1, 0.15) is 36.1 Å². The second-order valence-corrected chi connectivity index (χ2v) is 6.67. The fraction of sp³-hybridized carbons (Fsp3) is 0.261. The maximum atomic E-state index is 13.2. The summed E-state index contributed by atoms with van der Waals surface area (Å²) in [5, 5.41) is 3.17. The summed E-state index contributed by atoms with van der Waals surface area (Å²) in [6.07, 6.45) is 8.80. The SMILES string of the molecule is CCc1cccc(CC)c1NC(=O)N(Cc1cccnc1)Cc1cccnc1. The molecule has 0 unspecified atom stereocenters. The van der Waals surface area contributed by atoms with Crippen molar-refractivity contribution in [2.75, 3.05) is 5.32 Å². The zero-order valence-corrected chi connectivity index (χ0v) is 16.4. The maximum Gasteiger partial charge on any atom is 0.322 e. The number of para-hydroxylation sites is 1. The van der Waals surface area contributed by atoms with Gasteiger partial charge >= 0.3 is 6.03 Å². The Morgan fingerprint density at radius 2 is 1.39 bits per heavy atom. The number of hydrogen-bond acceptors (Lipinski definition) is 3. The van der Waals surface area contributed by atoms with Gasteiger partial charge in [-0.3, -0.25) is 9.97 Å².